The van der Waals surface area contributed by atoms with Gasteiger partial charge in [-0.3, -0.25) is 0 Å². The molecule has 0 radical (unpaired) electrons. The summed E-state index contributed by atoms with van der Waals surface area (Å²) < 4.78 is 11.4. The van der Waals surface area contributed by atoms with Crippen LogP contribution in [0.25, 0.3) is 0 Å². The summed E-state index contributed by atoms with van der Waals surface area (Å²) >= 11 is 0. The maximum atomic E-state index is 5.75. The molecule has 0 saturated heterocycles. The molecule has 0 unspecified atom stereocenters. The van der Waals surface area contributed by atoms with Crippen LogP contribution in [0.2, 0.25) is 0 Å². The lowest BCUT2D eigenvalue weighted by atomic mass is 10.0. The van der Waals surface area contributed by atoms with E-state index in [9.17, 15) is 0 Å². The number of benzene rings is 1. The maximum Gasteiger partial charge on any atom is 0.165 e. The molecule has 102 valence electrons. The minimum absolute atomic E-state index is 0.659. The molecule has 4 rings (SSSR count). The van der Waals surface area contributed by atoms with Crippen molar-refractivity contribution in [2.75, 3.05) is 19.8 Å². The van der Waals surface area contributed by atoms with Gasteiger partial charge in [-0.1, -0.05) is 12.1 Å². The molecule has 1 heterocycles. The molecule has 0 spiro atoms. The zero-order chi connectivity index (χ0) is 12.7. The van der Waals surface area contributed by atoms with Gasteiger partial charge in [0.25, 0.3) is 0 Å². The van der Waals surface area contributed by atoms with Crippen molar-refractivity contribution in [2.45, 2.75) is 32.2 Å². The van der Waals surface area contributed by atoms with Crippen LogP contribution in [0.15, 0.2) is 18.2 Å². The van der Waals surface area contributed by atoms with Crippen LogP contribution in [0, 0.1) is 11.3 Å². The molecule has 3 heteroatoms. The van der Waals surface area contributed by atoms with Gasteiger partial charge in [-0.25, -0.2) is 0 Å². The monoisotopic (exact) mass is 259 g/mol. The highest BCUT2D eigenvalue weighted by Gasteiger charge is 2.53. The molecule has 19 heavy (non-hydrogen) atoms. The lowest BCUT2D eigenvalue weighted by molar-refractivity contribution is 0.169. The van der Waals surface area contributed by atoms with E-state index in [0.717, 1.165) is 24.0 Å². The molecule has 1 N–H and O–H groups in total. The predicted octanol–water partition coefficient (Wildman–Crippen LogP) is 2.74. The highest BCUT2D eigenvalue weighted by Crippen LogP contribution is 2.60. The largest absolute Gasteiger partial charge is 0.486 e. The van der Waals surface area contributed by atoms with Crippen LogP contribution in [-0.2, 0) is 6.54 Å². The first kappa shape index (κ1) is 11.6. The Kier molecular flexibility index (Phi) is 2.69. The molecule has 3 nitrogen and oxygen atoms in total. The summed E-state index contributed by atoms with van der Waals surface area (Å²) in [4.78, 5) is 0. The van der Waals surface area contributed by atoms with Crippen molar-refractivity contribution >= 4 is 0 Å². The second kappa shape index (κ2) is 4.41. The van der Waals surface area contributed by atoms with Crippen LogP contribution in [0.5, 0.6) is 11.5 Å². The molecule has 0 aromatic heterocycles. The zero-order valence-corrected chi connectivity index (χ0v) is 11.3. The average Bonchev–Trinajstić information content (AvgIpc) is 3.32. The first-order chi connectivity index (χ1) is 9.37. The van der Waals surface area contributed by atoms with Gasteiger partial charge in [-0.05, 0) is 43.1 Å². The average molecular weight is 259 g/mol. The van der Waals surface area contributed by atoms with E-state index < -0.39 is 0 Å². The number of rotatable bonds is 5. The van der Waals surface area contributed by atoms with Gasteiger partial charge in [0.15, 0.2) is 11.5 Å². The fourth-order valence-electron chi connectivity index (χ4n) is 3.31. The highest BCUT2D eigenvalue weighted by atomic mass is 16.6. The van der Waals surface area contributed by atoms with Crippen molar-refractivity contribution in [2.24, 2.45) is 11.3 Å². The Morgan fingerprint density at radius 2 is 2.00 bits per heavy atom. The Morgan fingerprint density at radius 1 is 1.16 bits per heavy atom. The second-order valence-electron chi connectivity index (χ2n) is 6.18. The smallest absolute Gasteiger partial charge is 0.165 e. The highest BCUT2D eigenvalue weighted by molar-refractivity contribution is 5.47. The predicted molar refractivity (Wildman–Crippen MR) is 73.5 cm³/mol. The van der Waals surface area contributed by atoms with E-state index in [1.165, 1.54) is 37.8 Å². The number of para-hydroxylation sites is 1. The molecule has 2 saturated carbocycles. The summed E-state index contributed by atoms with van der Waals surface area (Å²) in [6.45, 7) is 3.38. The molecule has 2 aliphatic carbocycles. The van der Waals surface area contributed by atoms with Crippen LogP contribution in [0.3, 0.4) is 0 Å². The summed E-state index contributed by atoms with van der Waals surface area (Å²) in [5.74, 6) is 2.86. The molecule has 0 bridgehead atoms. The Bertz CT molecular complexity index is 478. The quantitative estimate of drug-likeness (QED) is 0.882. The Labute approximate surface area is 114 Å². The zero-order valence-electron chi connectivity index (χ0n) is 11.3. The van der Waals surface area contributed by atoms with Crippen molar-refractivity contribution in [3.05, 3.63) is 23.8 Å². The van der Waals surface area contributed by atoms with Gasteiger partial charge in [0.2, 0.25) is 0 Å². The number of hydrogen-bond acceptors (Lipinski definition) is 3. The first-order valence-corrected chi connectivity index (χ1v) is 7.46. The number of nitrogens with one attached hydrogen (secondary N) is 1. The van der Waals surface area contributed by atoms with Crippen LogP contribution < -0.4 is 14.8 Å². The van der Waals surface area contributed by atoms with E-state index in [1.807, 2.05) is 6.07 Å². The van der Waals surface area contributed by atoms with Crippen LogP contribution in [-0.4, -0.2) is 19.8 Å². The molecule has 1 aromatic carbocycles. The van der Waals surface area contributed by atoms with Crippen molar-refractivity contribution in [1.82, 2.24) is 5.32 Å². The third-order valence-electron chi connectivity index (χ3n) is 4.78. The number of ether oxygens (including phenoxy) is 2. The summed E-state index contributed by atoms with van der Waals surface area (Å²) in [6.07, 6.45) is 5.77. The summed E-state index contributed by atoms with van der Waals surface area (Å²) in [6, 6.07) is 6.18. The number of fused-ring (bicyclic) bond motifs is 1. The lowest BCUT2D eigenvalue weighted by Gasteiger charge is -2.22. The van der Waals surface area contributed by atoms with Gasteiger partial charge in [0.05, 0.1) is 0 Å². The Hall–Kier alpha value is -1.22. The van der Waals surface area contributed by atoms with Crippen molar-refractivity contribution < 1.29 is 9.47 Å². The minimum Gasteiger partial charge on any atom is -0.486 e. The second-order valence-corrected chi connectivity index (χ2v) is 6.18. The van der Waals surface area contributed by atoms with Gasteiger partial charge < -0.3 is 14.8 Å². The van der Waals surface area contributed by atoms with E-state index in [4.69, 9.17) is 9.47 Å². The van der Waals surface area contributed by atoms with E-state index in [-0.39, 0.29) is 0 Å². The van der Waals surface area contributed by atoms with Crippen LogP contribution >= 0.6 is 0 Å². The molecule has 1 aliphatic heterocycles. The topological polar surface area (TPSA) is 30.5 Å². The van der Waals surface area contributed by atoms with E-state index in [1.54, 1.807) is 0 Å². The maximum absolute atomic E-state index is 5.75. The molecular formula is C16H21NO2. The fraction of sp³-hybridized carbons (Fsp3) is 0.625. The van der Waals surface area contributed by atoms with Gasteiger partial charge in [-0.15, -0.1) is 0 Å². The van der Waals surface area contributed by atoms with E-state index in [2.05, 4.69) is 17.4 Å². The van der Waals surface area contributed by atoms with Crippen LogP contribution in [0.4, 0.5) is 0 Å². The molecule has 0 atom stereocenters. The summed E-state index contributed by atoms with van der Waals surface area (Å²) in [7, 11) is 0. The Balaban J connectivity index is 1.40. The van der Waals surface area contributed by atoms with E-state index in [0.29, 0.717) is 18.6 Å². The molecular weight excluding hydrogens is 238 g/mol. The first-order valence-electron chi connectivity index (χ1n) is 7.46. The van der Waals surface area contributed by atoms with Gasteiger partial charge >= 0.3 is 0 Å². The lowest BCUT2D eigenvalue weighted by Crippen LogP contribution is -2.26. The van der Waals surface area contributed by atoms with Crippen molar-refractivity contribution in [1.29, 1.82) is 0 Å². The third-order valence-corrected chi connectivity index (χ3v) is 4.78. The van der Waals surface area contributed by atoms with Gasteiger partial charge in [0, 0.05) is 18.7 Å². The molecule has 0 amide bonds. The minimum atomic E-state index is 0.659. The van der Waals surface area contributed by atoms with E-state index >= 15 is 0 Å². The normalized spacial score (nSPS) is 23.2. The van der Waals surface area contributed by atoms with Gasteiger partial charge in [-0.2, -0.15) is 0 Å². The van der Waals surface area contributed by atoms with Crippen molar-refractivity contribution in [3.8, 4) is 11.5 Å². The SMILES string of the molecule is c1cc(CNCC2(C3CC3)CC2)c2c(c1)OCCO2. The summed E-state index contributed by atoms with van der Waals surface area (Å²) in [5, 5.41) is 3.64. The molecule has 1 aromatic rings. The van der Waals surface area contributed by atoms with Crippen molar-refractivity contribution in [3.63, 3.8) is 0 Å². The summed E-state index contributed by atoms with van der Waals surface area (Å²) in [5.41, 5.74) is 1.88. The van der Waals surface area contributed by atoms with Crippen LogP contribution in [0.1, 0.15) is 31.2 Å². The standard InChI is InChI=1S/C16H21NO2/c1-2-12(15-14(3-1)18-8-9-19-15)10-17-11-16(6-7-16)13-4-5-13/h1-3,13,17H,4-11H2. The number of hydrogen-bond donors (Lipinski definition) is 1. The molecule has 3 aliphatic rings. The Morgan fingerprint density at radius 3 is 2.79 bits per heavy atom. The van der Waals surface area contributed by atoms with Gasteiger partial charge in [0.1, 0.15) is 13.2 Å². The third kappa shape index (κ3) is 2.20. The fourth-order valence-corrected chi connectivity index (χ4v) is 3.31. The molecule has 2 fully saturated rings.